The fourth-order valence-corrected chi connectivity index (χ4v) is 1.30. The van der Waals surface area contributed by atoms with Gasteiger partial charge in [-0.2, -0.15) is 0 Å². The molecule has 1 aromatic heterocycles. The first-order chi connectivity index (χ1) is 5.29. The maximum absolute atomic E-state index is 5.94. The SMILES string of the molecule is Cn1nncc1C(N)C1CC1. The van der Waals surface area contributed by atoms with Gasteiger partial charge in [0.2, 0.25) is 0 Å². The fourth-order valence-electron chi connectivity index (χ4n) is 1.30. The number of nitrogens with two attached hydrogens (primary N) is 1. The molecule has 2 rings (SSSR count). The molecule has 0 saturated heterocycles. The maximum atomic E-state index is 5.94. The van der Waals surface area contributed by atoms with Gasteiger partial charge in [0.25, 0.3) is 0 Å². The standard InChI is InChI=1S/C7H12N4/c1-11-6(4-9-10-11)7(8)5-2-3-5/h4-5,7H,2-3,8H2,1H3. The van der Waals surface area contributed by atoms with Gasteiger partial charge in [0.05, 0.1) is 17.9 Å². The molecule has 2 N–H and O–H groups in total. The molecule has 0 spiro atoms. The van der Waals surface area contributed by atoms with Gasteiger partial charge in [-0.05, 0) is 18.8 Å². The van der Waals surface area contributed by atoms with Crippen LogP contribution in [-0.4, -0.2) is 15.0 Å². The molecule has 1 aliphatic rings. The molecule has 1 aromatic rings. The first kappa shape index (κ1) is 6.79. The van der Waals surface area contributed by atoms with Crippen molar-refractivity contribution in [2.45, 2.75) is 18.9 Å². The van der Waals surface area contributed by atoms with Crippen molar-refractivity contribution in [3.63, 3.8) is 0 Å². The van der Waals surface area contributed by atoms with E-state index in [0.29, 0.717) is 5.92 Å². The van der Waals surface area contributed by atoms with Gasteiger partial charge in [0.15, 0.2) is 0 Å². The Morgan fingerprint density at radius 2 is 2.45 bits per heavy atom. The van der Waals surface area contributed by atoms with E-state index < -0.39 is 0 Å². The molecule has 4 nitrogen and oxygen atoms in total. The lowest BCUT2D eigenvalue weighted by molar-refractivity contribution is 0.561. The van der Waals surface area contributed by atoms with Crippen LogP contribution >= 0.6 is 0 Å². The summed E-state index contributed by atoms with van der Waals surface area (Å²) in [5, 5.41) is 7.62. The summed E-state index contributed by atoms with van der Waals surface area (Å²) in [6, 6.07) is 0.148. The monoisotopic (exact) mass is 152 g/mol. The average molecular weight is 152 g/mol. The largest absolute Gasteiger partial charge is 0.322 e. The number of hydrogen-bond donors (Lipinski definition) is 1. The molecule has 0 radical (unpaired) electrons. The summed E-state index contributed by atoms with van der Waals surface area (Å²) < 4.78 is 1.75. The van der Waals surface area contributed by atoms with Crippen LogP contribution in [0.2, 0.25) is 0 Å². The Hall–Kier alpha value is -0.900. The summed E-state index contributed by atoms with van der Waals surface area (Å²) in [5.74, 6) is 0.673. The minimum Gasteiger partial charge on any atom is -0.322 e. The predicted octanol–water partition coefficient (Wildman–Crippen LogP) is 0.225. The summed E-state index contributed by atoms with van der Waals surface area (Å²) in [5.41, 5.74) is 6.99. The first-order valence-corrected chi connectivity index (χ1v) is 3.89. The summed E-state index contributed by atoms with van der Waals surface area (Å²) in [4.78, 5) is 0. The molecule has 1 fully saturated rings. The van der Waals surface area contributed by atoms with Crippen molar-refractivity contribution >= 4 is 0 Å². The van der Waals surface area contributed by atoms with E-state index in [2.05, 4.69) is 10.3 Å². The highest BCUT2D eigenvalue weighted by Gasteiger charge is 2.31. The lowest BCUT2D eigenvalue weighted by Gasteiger charge is -2.08. The summed E-state index contributed by atoms with van der Waals surface area (Å²) >= 11 is 0. The topological polar surface area (TPSA) is 56.7 Å². The van der Waals surface area contributed by atoms with Crippen LogP contribution in [0, 0.1) is 5.92 Å². The van der Waals surface area contributed by atoms with Crippen LogP contribution < -0.4 is 5.73 Å². The van der Waals surface area contributed by atoms with Crippen LogP contribution in [0.3, 0.4) is 0 Å². The second-order valence-electron chi connectivity index (χ2n) is 3.15. The molecule has 0 aromatic carbocycles. The van der Waals surface area contributed by atoms with Crippen molar-refractivity contribution in [2.75, 3.05) is 0 Å². The third-order valence-corrected chi connectivity index (χ3v) is 2.22. The van der Waals surface area contributed by atoms with Crippen molar-refractivity contribution in [2.24, 2.45) is 18.7 Å². The van der Waals surface area contributed by atoms with E-state index in [9.17, 15) is 0 Å². The van der Waals surface area contributed by atoms with Gasteiger partial charge in [-0.3, -0.25) is 4.68 Å². The zero-order chi connectivity index (χ0) is 7.84. The van der Waals surface area contributed by atoms with E-state index in [4.69, 9.17) is 5.73 Å². The predicted molar refractivity (Wildman–Crippen MR) is 40.7 cm³/mol. The van der Waals surface area contributed by atoms with E-state index in [-0.39, 0.29) is 6.04 Å². The second kappa shape index (κ2) is 2.30. The molecule has 60 valence electrons. The Balaban J connectivity index is 2.20. The molecular formula is C7H12N4. The van der Waals surface area contributed by atoms with Crippen molar-refractivity contribution < 1.29 is 0 Å². The minimum absolute atomic E-state index is 0.148. The van der Waals surface area contributed by atoms with Gasteiger partial charge in [-0.25, -0.2) is 0 Å². The van der Waals surface area contributed by atoms with Gasteiger partial charge < -0.3 is 5.73 Å². The maximum Gasteiger partial charge on any atom is 0.0753 e. The molecule has 1 atom stereocenters. The third kappa shape index (κ3) is 1.14. The normalized spacial score (nSPS) is 20.2. The summed E-state index contributed by atoms with van der Waals surface area (Å²) in [6.45, 7) is 0. The molecule has 1 unspecified atom stereocenters. The van der Waals surface area contributed by atoms with E-state index >= 15 is 0 Å². The van der Waals surface area contributed by atoms with Gasteiger partial charge in [-0.15, -0.1) is 5.10 Å². The lowest BCUT2D eigenvalue weighted by Crippen LogP contribution is -2.16. The number of hydrogen-bond acceptors (Lipinski definition) is 3. The van der Waals surface area contributed by atoms with Crippen LogP contribution in [-0.2, 0) is 7.05 Å². The smallest absolute Gasteiger partial charge is 0.0753 e. The zero-order valence-electron chi connectivity index (χ0n) is 6.57. The van der Waals surface area contributed by atoms with E-state index in [0.717, 1.165) is 5.69 Å². The lowest BCUT2D eigenvalue weighted by atomic mass is 10.1. The van der Waals surface area contributed by atoms with Gasteiger partial charge in [-0.1, -0.05) is 5.21 Å². The quantitative estimate of drug-likeness (QED) is 0.659. The molecule has 0 amide bonds. The van der Waals surface area contributed by atoms with Crippen molar-refractivity contribution in [3.05, 3.63) is 11.9 Å². The second-order valence-corrected chi connectivity index (χ2v) is 3.15. The van der Waals surface area contributed by atoms with Crippen LogP contribution in [0.1, 0.15) is 24.6 Å². The molecule has 0 aliphatic heterocycles. The number of aryl methyl sites for hydroxylation is 1. The van der Waals surface area contributed by atoms with Gasteiger partial charge in [0, 0.05) is 7.05 Å². The van der Waals surface area contributed by atoms with E-state index in [1.54, 1.807) is 10.9 Å². The zero-order valence-corrected chi connectivity index (χ0v) is 6.57. The molecular weight excluding hydrogens is 140 g/mol. The fraction of sp³-hybridized carbons (Fsp3) is 0.714. The van der Waals surface area contributed by atoms with Crippen LogP contribution in [0.4, 0.5) is 0 Å². The average Bonchev–Trinajstić information content (AvgIpc) is 2.74. The van der Waals surface area contributed by atoms with Gasteiger partial charge in [0.1, 0.15) is 0 Å². The molecule has 1 aliphatic carbocycles. The molecule has 11 heavy (non-hydrogen) atoms. The van der Waals surface area contributed by atoms with Crippen molar-refractivity contribution in [1.82, 2.24) is 15.0 Å². The molecule has 1 heterocycles. The Morgan fingerprint density at radius 1 is 1.73 bits per heavy atom. The van der Waals surface area contributed by atoms with Gasteiger partial charge >= 0.3 is 0 Å². The summed E-state index contributed by atoms with van der Waals surface area (Å²) in [7, 11) is 1.88. The van der Waals surface area contributed by atoms with Crippen LogP contribution in [0.25, 0.3) is 0 Å². The summed E-state index contributed by atoms with van der Waals surface area (Å²) in [6.07, 6.45) is 4.27. The Labute approximate surface area is 65.4 Å². The molecule has 4 heteroatoms. The number of aromatic nitrogens is 3. The molecule has 1 saturated carbocycles. The highest BCUT2D eigenvalue weighted by atomic mass is 15.4. The number of rotatable bonds is 2. The van der Waals surface area contributed by atoms with E-state index in [1.807, 2.05) is 7.05 Å². The Morgan fingerprint density at radius 3 is 2.91 bits per heavy atom. The Kier molecular flexibility index (Phi) is 1.42. The van der Waals surface area contributed by atoms with E-state index in [1.165, 1.54) is 12.8 Å². The third-order valence-electron chi connectivity index (χ3n) is 2.22. The van der Waals surface area contributed by atoms with Crippen LogP contribution in [0.15, 0.2) is 6.20 Å². The minimum atomic E-state index is 0.148. The van der Waals surface area contributed by atoms with Crippen LogP contribution in [0.5, 0.6) is 0 Å². The number of nitrogens with zero attached hydrogens (tertiary/aromatic N) is 3. The van der Waals surface area contributed by atoms with Crippen molar-refractivity contribution in [1.29, 1.82) is 0 Å². The molecule has 0 bridgehead atoms. The highest BCUT2D eigenvalue weighted by molar-refractivity contribution is 5.05. The highest BCUT2D eigenvalue weighted by Crippen LogP contribution is 2.38. The Bertz CT molecular complexity index is 251. The first-order valence-electron chi connectivity index (χ1n) is 3.89. The van der Waals surface area contributed by atoms with Crippen molar-refractivity contribution in [3.8, 4) is 0 Å².